The Morgan fingerprint density at radius 3 is 2.53 bits per heavy atom. The molecular formula is C6H8N6O3. The lowest BCUT2D eigenvalue weighted by atomic mass is 10.5. The van der Waals surface area contributed by atoms with Crippen molar-refractivity contribution in [3.8, 4) is 5.75 Å². The van der Waals surface area contributed by atoms with Gasteiger partial charge < -0.3 is 21.9 Å². The number of nitrogens with two attached hydrogens (primary N) is 3. The van der Waals surface area contributed by atoms with Crippen LogP contribution in [0.4, 0.5) is 21.4 Å². The van der Waals surface area contributed by atoms with Gasteiger partial charge in [-0.15, -0.1) is 0 Å². The Bertz CT molecular complexity index is 406. The molecule has 0 atom stereocenters. The Kier molecular flexibility index (Phi) is 2.86. The number of nitrogens with zero attached hydrogens (tertiary/aromatic N) is 2. The number of nitrogens with one attached hydrogen (secondary N) is 1. The van der Waals surface area contributed by atoms with Gasteiger partial charge >= 0.3 is 12.1 Å². The zero-order valence-corrected chi connectivity index (χ0v) is 7.43. The van der Waals surface area contributed by atoms with Crippen LogP contribution in [-0.4, -0.2) is 22.1 Å². The summed E-state index contributed by atoms with van der Waals surface area (Å²) in [5, 5.41) is 2.09. The summed E-state index contributed by atoms with van der Waals surface area (Å²) in [4.78, 5) is 28.0. The quantitative estimate of drug-likeness (QED) is 0.492. The maximum Gasteiger partial charge on any atom is 0.410 e. The number of carbonyl (C=O) groups excluding carboxylic acids is 2. The normalized spacial score (nSPS) is 9.33. The van der Waals surface area contributed by atoms with E-state index in [2.05, 4.69) is 20.0 Å². The molecule has 9 heteroatoms. The Labute approximate surface area is 83.6 Å². The molecular weight excluding hydrogens is 204 g/mol. The van der Waals surface area contributed by atoms with E-state index in [-0.39, 0.29) is 17.5 Å². The number of urea groups is 1. The number of hydrogen-bond donors (Lipinski definition) is 4. The highest BCUT2D eigenvalue weighted by molar-refractivity contribution is 5.86. The second-order valence-corrected chi connectivity index (χ2v) is 2.35. The lowest BCUT2D eigenvalue weighted by Gasteiger charge is -2.04. The number of rotatable bonds is 2. The molecule has 0 aliphatic heterocycles. The van der Waals surface area contributed by atoms with Gasteiger partial charge in [-0.05, 0) is 0 Å². The van der Waals surface area contributed by atoms with E-state index in [4.69, 9.17) is 17.2 Å². The van der Waals surface area contributed by atoms with Crippen LogP contribution in [-0.2, 0) is 0 Å². The zero-order chi connectivity index (χ0) is 11.4. The van der Waals surface area contributed by atoms with Crippen LogP contribution >= 0.6 is 0 Å². The molecule has 0 bridgehead atoms. The smallest absolute Gasteiger partial charge is 0.405 e. The molecule has 0 spiro atoms. The highest BCUT2D eigenvalue weighted by Gasteiger charge is 2.08. The Morgan fingerprint density at radius 1 is 1.40 bits per heavy atom. The predicted molar refractivity (Wildman–Crippen MR) is 49.9 cm³/mol. The van der Waals surface area contributed by atoms with E-state index < -0.39 is 12.1 Å². The fraction of sp³-hybridized carbons (Fsp3) is 0. The Balaban J connectivity index is 2.87. The minimum Gasteiger partial charge on any atom is -0.405 e. The first-order chi connectivity index (χ1) is 6.99. The first-order valence-corrected chi connectivity index (χ1v) is 3.65. The molecule has 3 amide bonds. The zero-order valence-electron chi connectivity index (χ0n) is 7.43. The topological polar surface area (TPSA) is 159 Å². The lowest BCUT2D eigenvalue weighted by Crippen LogP contribution is -2.22. The summed E-state index contributed by atoms with van der Waals surface area (Å²) >= 11 is 0. The molecule has 0 saturated heterocycles. The second-order valence-electron chi connectivity index (χ2n) is 2.35. The summed E-state index contributed by atoms with van der Waals surface area (Å²) in [5.74, 6) is -0.345. The molecule has 80 valence electrons. The fourth-order valence-corrected chi connectivity index (χ4v) is 0.741. The van der Waals surface area contributed by atoms with Crippen molar-refractivity contribution < 1.29 is 14.3 Å². The Hall–Kier alpha value is -2.58. The van der Waals surface area contributed by atoms with Crippen LogP contribution in [0, 0.1) is 0 Å². The summed E-state index contributed by atoms with van der Waals surface area (Å²) in [5.41, 5.74) is 14.9. The van der Waals surface area contributed by atoms with Gasteiger partial charge in [0, 0.05) is 0 Å². The van der Waals surface area contributed by atoms with Crippen molar-refractivity contribution in [3.63, 3.8) is 0 Å². The van der Waals surface area contributed by atoms with Crippen molar-refractivity contribution in [2.75, 3.05) is 11.1 Å². The van der Waals surface area contributed by atoms with Crippen LogP contribution in [0.5, 0.6) is 5.75 Å². The molecule has 1 aromatic rings. The molecule has 0 aromatic carbocycles. The van der Waals surface area contributed by atoms with Gasteiger partial charge in [-0.1, -0.05) is 0 Å². The molecule has 1 rings (SSSR count). The van der Waals surface area contributed by atoms with Crippen LogP contribution < -0.4 is 27.3 Å². The molecule has 0 fully saturated rings. The van der Waals surface area contributed by atoms with Crippen LogP contribution in [0.3, 0.4) is 0 Å². The van der Waals surface area contributed by atoms with E-state index in [9.17, 15) is 9.59 Å². The van der Waals surface area contributed by atoms with Gasteiger partial charge in [-0.25, -0.2) is 14.6 Å². The summed E-state index contributed by atoms with van der Waals surface area (Å²) < 4.78 is 4.45. The monoisotopic (exact) mass is 212 g/mol. The summed E-state index contributed by atoms with van der Waals surface area (Å²) in [6.45, 7) is 0. The lowest BCUT2D eigenvalue weighted by molar-refractivity contribution is 0.211. The highest BCUT2D eigenvalue weighted by atomic mass is 16.5. The molecule has 1 aromatic heterocycles. The third-order valence-corrected chi connectivity index (χ3v) is 1.23. The van der Waals surface area contributed by atoms with Crippen molar-refractivity contribution in [1.82, 2.24) is 9.97 Å². The van der Waals surface area contributed by atoms with Crippen LogP contribution in [0.1, 0.15) is 0 Å². The van der Waals surface area contributed by atoms with Gasteiger partial charge in [0.2, 0.25) is 5.95 Å². The number of ether oxygens (including phenoxy) is 1. The van der Waals surface area contributed by atoms with E-state index in [1.54, 1.807) is 0 Å². The van der Waals surface area contributed by atoms with Gasteiger partial charge in [0.05, 0.1) is 6.20 Å². The van der Waals surface area contributed by atoms with E-state index >= 15 is 0 Å². The van der Waals surface area contributed by atoms with Crippen molar-refractivity contribution in [1.29, 1.82) is 0 Å². The molecule has 0 aliphatic carbocycles. The van der Waals surface area contributed by atoms with Gasteiger partial charge in [0.1, 0.15) is 0 Å². The largest absolute Gasteiger partial charge is 0.410 e. The number of carbonyl (C=O) groups is 2. The van der Waals surface area contributed by atoms with E-state index in [0.29, 0.717) is 0 Å². The number of hydrogen-bond acceptors (Lipinski definition) is 6. The van der Waals surface area contributed by atoms with Gasteiger partial charge in [-0.3, -0.25) is 5.32 Å². The number of aromatic nitrogens is 2. The standard InChI is InChI=1S/C6H8N6O3/c7-3-2(15-5(9)14)1-10-6(11-3)12-4(8)13/h1H,(H2,9,14)(H5,7,8,10,11,12,13). The average molecular weight is 212 g/mol. The molecule has 0 radical (unpaired) electrons. The molecule has 1 heterocycles. The molecule has 9 nitrogen and oxygen atoms in total. The van der Waals surface area contributed by atoms with Crippen LogP contribution in [0.2, 0.25) is 0 Å². The second kappa shape index (κ2) is 4.09. The van der Waals surface area contributed by atoms with E-state index in [1.807, 2.05) is 0 Å². The molecule has 15 heavy (non-hydrogen) atoms. The van der Waals surface area contributed by atoms with Gasteiger partial charge in [-0.2, -0.15) is 4.98 Å². The average Bonchev–Trinajstić information content (AvgIpc) is 2.08. The third kappa shape index (κ3) is 2.99. The molecule has 0 unspecified atom stereocenters. The molecule has 7 N–H and O–H groups in total. The van der Waals surface area contributed by atoms with E-state index in [0.717, 1.165) is 6.20 Å². The fourth-order valence-electron chi connectivity index (χ4n) is 0.741. The third-order valence-electron chi connectivity index (χ3n) is 1.23. The minimum absolute atomic E-state index is 0.0995. The van der Waals surface area contributed by atoms with Crippen LogP contribution in [0.25, 0.3) is 0 Å². The first-order valence-electron chi connectivity index (χ1n) is 3.65. The Morgan fingerprint density at radius 2 is 2.07 bits per heavy atom. The number of primary amides is 2. The first kappa shape index (κ1) is 10.5. The van der Waals surface area contributed by atoms with Crippen molar-refractivity contribution >= 4 is 23.9 Å². The molecule has 0 aliphatic rings. The maximum absolute atomic E-state index is 10.4. The van der Waals surface area contributed by atoms with Crippen molar-refractivity contribution in [2.24, 2.45) is 11.5 Å². The maximum atomic E-state index is 10.4. The SMILES string of the molecule is NC(=O)Nc1ncc(OC(N)=O)c(N)n1. The minimum atomic E-state index is -1.04. The summed E-state index contributed by atoms with van der Waals surface area (Å²) in [6, 6.07) is -0.835. The van der Waals surface area contributed by atoms with Gasteiger partial charge in [0.15, 0.2) is 11.6 Å². The summed E-state index contributed by atoms with van der Waals surface area (Å²) in [7, 11) is 0. The number of nitrogen functional groups attached to an aromatic ring is 1. The van der Waals surface area contributed by atoms with Crippen LogP contribution in [0.15, 0.2) is 6.20 Å². The van der Waals surface area contributed by atoms with Gasteiger partial charge in [0.25, 0.3) is 0 Å². The van der Waals surface area contributed by atoms with Crippen molar-refractivity contribution in [2.45, 2.75) is 0 Å². The highest BCUT2D eigenvalue weighted by Crippen LogP contribution is 2.18. The number of anilines is 2. The number of amides is 3. The summed E-state index contributed by atoms with van der Waals surface area (Å²) in [6.07, 6.45) is 0.0409. The predicted octanol–water partition coefficient (Wildman–Crippen LogP) is -0.993. The van der Waals surface area contributed by atoms with E-state index in [1.165, 1.54) is 0 Å². The molecule has 0 saturated carbocycles. The van der Waals surface area contributed by atoms with Crippen molar-refractivity contribution in [3.05, 3.63) is 6.20 Å².